The highest BCUT2D eigenvalue weighted by atomic mass is 16.5. The highest BCUT2D eigenvalue weighted by molar-refractivity contribution is 5.94. The molecule has 1 aliphatic rings. The first-order chi connectivity index (χ1) is 11.9. The summed E-state index contributed by atoms with van der Waals surface area (Å²) in [6, 6.07) is 13.8. The minimum absolute atomic E-state index is 0.00135. The lowest BCUT2D eigenvalue weighted by Crippen LogP contribution is -2.32. The van der Waals surface area contributed by atoms with E-state index in [0.717, 1.165) is 16.9 Å². The lowest BCUT2D eigenvalue weighted by molar-refractivity contribution is -0.121. The maximum absolute atomic E-state index is 12.8. The summed E-state index contributed by atoms with van der Waals surface area (Å²) >= 11 is 0. The molecule has 0 saturated heterocycles. The SMILES string of the molecule is COc1ccc(C(C)(C)C)cc1NC(=O)[C@@H]1COc2ccccc2C1. The Hall–Kier alpha value is -2.49. The minimum Gasteiger partial charge on any atom is -0.495 e. The van der Waals surface area contributed by atoms with Gasteiger partial charge < -0.3 is 14.8 Å². The molecule has 0 fully saturated rings. The molecule has 1 amide bonds. The van der Waals surface area contributed by atoms with Crippen molar-refractivity contribution in [1.82, 2.24) is 0 Å². The highest BCUT2D eigenvalue weighted by Gasteiger charge is 2.27. The van der Waals surface area contributed by atoms with Gasteiger partial charge in [0.15, 0.2) is 0 Å². The van der Waals surface area contributed by atoms with Crippen molar-refractivity contribution in [2.75, 3.05) is 19.0 Å². The van der Waals surface area contributed by atoms with Gasteiger partial charge in [-0.1, -0.05) is 45.0 Å². The predicted molar refractivity (Wildman–Crippen MR) is 99.5 cm³/mol. The largest absolute Gasteiger partial charge is 0.495 e. The van der Waals surface area contributed by atoms with Crippen molar-refractivity contribution in [3.05, 3.63) is 53.6 Å². The Morgan fingerprint density at radius 1 is 1.20 bits per heavy atom. The van der Waals surface area contributed by atoms with Gasteiger partial charge in [0.25, 0.3) is 0 Å². The van der Waals surface area contributed by atoms with E-state index in [-0.39, 0.29) is 17.2 Å². The Bertz CT molecular complexity index is 777. The maximum atomic E-state index is 12.8. The van der Waals surface area contributed by atoms with Gasteiger partial charge in [-0.25, -0.2) is 0 Å². The number of hydrogen-bond donors (Lipinski definition) is 1. The van der Waals surface area contributed by atoms with Gasteiger partial charge >= 0.3 is 0 Å². The molecular weight excluding hydrogens is 314 g/mol. The number of amides is 1. The summed E-state index contributed by atoms with van der Waals surface area (Å²) < 4.78 is 11.1. The molecule has 0 bridgehead atoms. The third-order valence-electron chi connectivity index (χ3n) is 4.57. The van der Waals surface area contributed by atoms with Crippen molar-refractivity contribution in [3.8, 4) is 11.5 Å². The number of para-hydroxylation sites is 1. The van der Waals surface area contributed by atoms with Crippen molar-refractivity contribution in [2.24, 2.45) is 5.92 Å². The second-order valence-corrected chi connectivity index (χ2v) is 7.47. The zero-order valence-corrected chi connectivity index (χ0v) is 15.3. The van der Waals surface area contributed by atoms with E-state index in [1.807, 2.05) is 42.5 Å². The van der Waals surface area contributed by atoms with E-state index in [1.54, 1.807) is 7.11 Å². The van der Waals surface area contributed by atoms with Crippen LogP contribution >= 0.6 is 0 Å². The van der Waals surface area contributed by atoms with Crippen molar-refractivity contribution in [1.29, 1.82) is 0 Å². The fourth-order valence-corrected chi connectivity index (χ4v) is 3.00. The van der Waals surface area contributed by atoms with Crippen LogP contribution in [-0.4, -0.2) is 19.6 Å². The number of anilines is 1. The van der Waals surface area contributed by atoms with Crippen LogP contribution in [0.2, 0.25) is 0 Å². The molecule has 0 aliphatic carbocycles. The van der Waals surface area contributed by atoms with Crippen LogP contribution in [-0.2, 0) is 16.6 Å². The number of methoxy groups -OCH3 is 1. The second-order valence-electron chi connectivity index (χ2n) is 7.47. The molecule has 2 aromatic rings. The number of hydrogen-bond acceptors (Lipinski definition) is 3. The predicted octanol–water partition coefficient (Wildman–Crippen LogP) is 4.18. The molecule has 3 rings (SSSR count). The van der Waals surface area contributed by atoms with E-state index in [9.17, 15) is 4.79 Å². The molecule has 1 heterocycles. The van der Waals surface area contributed by atoms with Gasteiger partial charge in [-0.2, -0.15) is 0 Å². The fourth-order valence-electron chi connectivity index (χ4n) is 3.00. The summed E-state index contributed by atoms with van der Waals surface area (Å²) in [5.74, 6) is 1.29. The summed E-state index contributed by atoms with van der Waals surface area (Å²) in [7, 11) is 1.61. The number of nitrogens with one attached hydrogen (secondary N) is 1. The first kappa shape index (κ1) is 17.3. The molecule has 0 spiro atoms. The molecule has 0 radical (unpaired) electrons. The molecule has 25 heavy (non-hydrogen) atoms. The molecule has 0 saturated carbocycles. The molecule has 2 aromatic carbocycles. The number of fused-ring (bicyclic) bond motifs is 1. The number of ether oxygens (including phenoxy) is 2. The molecule has 1 aliphatic heterocycles. The zero-order chi connectivity index (χ0) is 18.0. The van der Waals surface area contributed by atoms with Crippen LogP contribution in [0.15, 0.2) is 42.5 Å². The van der Waals surface area contributed by atoms with E-state index < -0.39 is 0 Å². The first-order valence-electron chi connectivity index (χ1n) is 8.58. The third-order valence-corrected chi connectivity index (χ3v) is 4.57. The molecule has 1 atom stereocenters. The van der Waals surface area contributed by atoms with E-state index >= 15 is 0 Å². The summed E-state index contributed by atoms with van der Waals surface area (Å²) in [5.41, 5.74) is 2.93. The molecule has 0 aromatic heterocycles. The number of carbonyl (C=O) groups is 1. The standard InChI is InChI=1S/C21H25NO3/c1-21(2,3)16-9-10-19(24-4)17(12-16)22-20(23)15-11-14-7-5-6-8-18(14)25-13-15/h5-10,12,15H,11,13H2,1-4H3,(H,22,23)/t15-/m0/s1. The molecular formula is C21H25NO3. The van der Waals surface area contributed by atoms with Gasteiger partial charge in [0.05, 0.1) is 18.7 Å². The van der Waals surface area contributed by atoms with Gasteiger partial charge in [-0.3, -0.25) is 4.79 Å². The molecule has 4 heteroatoms. The van der Waals surface area contributed by atoms with Crippen LogP contribution in [0.5, 0.6) is 11.5 Å². The third kappa shape index (κ3) is 3.78. The Labute approximate surface area is 149 Å². The smallest absolute Gasteiger partial charge is 0.231 e. The molecule has 4 nitrogen and oxygen atoms in total. The number of carbonyl (C=O) groups excluding carboxylic acids is 1. The van der Waals surface area contributed by atoms with Gasteiger partial charge in [0.1, 0.15) is 18.1 Å². The van der Waals surface area contributed by atoms with Crippen LogP contribution in [0.3, 0.4) is 0 Å². The van der Waals surface area contributed by atoms with Crippen molar-refractivity contribution in [3.63, 3.8) is 0 Å². The normalized spacial score (nSPS) is 16.6. The zero-order valence-electron chi connectivity index (χ0n) is 15.3. The van der Waals surface area contributed by atoms with E-state index in [1.165, 1.54) is 0 Å². The highest BCUT2D eigenvalue weighted by Crippen LogP contribution is 2.33. The Morgan fingerprint density at radius 3 is 2.68 bits per heavy atom. The van der Waals surface area contributed by atoms with Gasteiger partial charge in [-0.15, -0.1) is 0 Å². The number of benzene rings is 2. The Balaban J connectivity index is 1.79. The van der Waals surface area contributed by atoms with Gasteiger partial charge in [0, 0.05) is 0 Å². The topological polar surface area (TPSA) is 47.6 Å². The average Bonchev–Trinajstić information content (AvgIpc) is 2.60. The average molecular weight is 339 g/mol. The summed E-state index contributed by atoms with van der Waals surface area (Å²) in [6.45, 7) is 6.83. The number of rotatable bonds is 3. The molecule has 132 valence electrons. The first-order valence-corrected chi connectivity index (χ1v) is 8.58. The van der Waals surface area contributed by atoms with E-state index in [2.05, 4.69) is 26.1 Å². The van der Waals surface area contributed by atoms with Crippen LogP contribution in [0.1, 0.15) is 31.9 Å². The van der Waals surface area contributed by atoms with E-state index in [4.69, 9.17) is 9.47 Å². The van der Waals surface area contributed by atoms with E-state index in [0.29, 0.717) is 24.5 Å². The van der Waals surface area contributed by atoms with Crippen LogP contribution in [0.25, 0.3) is 0 Å². The molecule has 0 unspecified atom stereocenters. The van der Waals surface area contributed by atoms with Crippen molar-refractivity contribution < 1.29 is 14.3 Å². The van der Waals surface area contributed by atoms with Gasteiger partial charge in [-0.05, 0) is 41.2 Å². The van der Waals surface area contributed by atoms with Crippen LogP contribution in [0.4, 0.5) is 5.69 Å². The Morgan fingerprint density at radius 2 is 1.96 bits per heavy atom. The lowest BCUT2D eigenvalue weighted by atomic mass is 9.86. The van der Waals surface area contributed by atoms with Crippen molar-refractivity contribution in [2.45, 2.75) is 32.6 Å². The minimum atomic E-state index is -0.210. The molecule has 1 N–H and O–H groups in total. The summed E-state index contributed by atoms with van der Waals surface area (Å²) in [6.07, 6.45) is 0.684. The Kier molecular flexibility index (Phi) is 4.71. The van der Waals surface area contributed by atoms with Gasteiger partial charge in [0.2, 0.25) is 5.91 Å². The maximum Gasteiger partial charge on any atom is 0.231 e. The summed E-state index contributed by atoms with van der Waals surface area (Å²) in [4.78, 5) is 12.8. The van der Waals surface area contributed by atoms with Crippen molar-refractivity contribution >= 4 is 11.6 Å². The lowest BCUT2D eigenvalue weighted by Gasteiger charge is -2.25. The quantitative estimate of drug-likeness (QED) is 0.912. The fraction of sp³-hybridized carbons (Fsp3) is 0.381. The van der Waals surface area contributed by atoms with Crippen LogP contribution < -0.4 is 14.8 Å². The van der Waals surface area contributed by atoms with Crippen LogP contribution in [0, 0.1) is 5.92 Å². The second kappa shape index (κ2) is 6.79. The monoisotopic (exact) mass is 339 g/mol. The summed E-state index contributed by atoms with van der Waals surface area (Å²) in [5, 5.41) is 3.03.